The number of aryl methyl sites for hydroxylation is 1. The van der Waals surface area contributed by atoms with Crippen LogP contribution in [-0.2, 0) is 11.2 Å². The van der Waals surface area contributed by atoms with Gasteiger partial charge in [-0.05, 0) is 43.5 Å². The van der Waals surface area contributed by atoms with Gasteiger partial charge in [0.05, 0.1) is 18.6 Å². The normalized spacial score (nSPS) is 13.1. The van der Waals surface area contributed by atoms with Gasteiger partial charge in [-0.25, -0.2) is 0 Å². The standard InChI is InChI=1S/C23H26N2O2/c1-17-13-14-22(27-17)18(2)24-16-23(26)25-21(20-11-7-4-8-12-20)15-19-9-5-3-6-10-19/h3-14,18,21,24H,15-16H2,1-2H3,(H,25,26). The quantitative estimate of drug-likeness (QED) is 0.627. The van der Waals surface area contributed by atoms with Crippen molar-refractivity contribution < 1.29 is 9.21 Å². The fourth-order valence-electron chi connectivity index (χ4n) is 3.07. The zero-order valence-corrected chi connectivity index (χ0v) is 15.8. The predicted octanol–water partition coefficient (Wildman–Crippen LogP) is 4.34. The van der Waals surface area contributed by atoms with E-state index in [2.05, 4.69) is 34.9 Å². The molecule has 2 aromatic carbocycles. The predicted molar refractivity (Wildman–Crippen MR) is 107 cm³/mol. The Bertz CT molecular complexity index is 843. The Kier molecular flexibility index (Phi) is 6.44. The van der Waals surface area contributed by atoms with Crippen LogP contribution in [0.1, 0.15) is 41.7 Å². The van der Waals surface area contributed by atoms with E-state index in [1.807, 2.05) is 62.4 Å². The van der Waals surface area contributed by atoms with E-state index in [9.17, 15) is 4.79 Å². The lowest BCUT2D eigenvalue weighted by Gasteiger charge is -2.20. The highest BCUT2D eigenvalue weighted by atomic mass is 16.3. The summed E-state index contributed by atoms with van der Waals surface area (Å²) in [7, 11) is 0. The number of carbonyl (C=O) groups excluding carboxylic acids is 1. The first-order valence-corrected chi connectivity index (χ1v) is 9.30. The maximum Gasteiger partial charge on any atom is 0.234 e. The van der Waals surface area contributed by atoms with Gasteiger partial charge in [0.25, 0.3) is 0 Å². The fraction of sp³-hybridized carbons (Fsp3) is 0.261. The second-order valence-electron chi connectivity index (χ2n) is 6.77. The van der Waals surface area contributed by atoms with Crippen LogP contribution in [0.25, 0.3) is 0 Å². The molecule has 0 radical (unpaired) electrons. The molecule has 1 heterocycles. The maximum atomic E-state index is 12.6. The minimum Gasteiger partial charge on any atom is -0.465 e. The first-order chi connectivity index (χ1) is 13.1. The minimum atomic E-state index is -0.0657. The molecule has 0 fully saturated rings. The van der Waals surface area contributed by atoms with Gasteiger partial charge in [-0.15, -0.1) is 0 Å². The van der Waals surface area contributed by atoms with Crippen LogP contribution in [0.5, 0.6) is 0 Å². The molecule has 3 rings (SSSR count). The molecule has 1 amide bonds. The summed E-state index contributed by atoms with van der Waals surface area (Å²) in [5, 5.41) is 6.39. The van der Waals surface area contributed by atoms with Gasteiger partial charge >= 0.3 is 0 Å². The summed E-state index contributed by atoms with van der Waals surface area (Å²) in [4.78, 5) is 12.6. The van der Waals surface area contributed by atoms with Gasteiger partial charge in [-0.2, -0.15) is 0 Å². The second-order valence-corrected chi connectivity index (χ2v) is 6.77. The smallest absolute Gasteiger partial charge is 0.234 e. The van der Waals surface area contributed by atoms with E-state index in [1.54, 1.807) is 0 Å². The zero-order chi connectivity index (χ0) is 19.1. The van der Waals surface area contributed by atoms with Crippen LogP contribution in [0, 0.1) is 6.92 Å². The molecule has 0 aliphatic rings. The summed E-state index contributed by atoms with van der Waals surface area (Å²) in [5.41, 5.74) is 2.29. The summed E-state index contributed by atoms with van der Waals surface area (Å²) in [6.07, 6.45) is 0.753. The topological polar surface area (TPSA) is 54.3 Å². The molecule has 0 saturated carbocycles. The highest BCUT2D eigenvalue weighted by Gasteiger charge is 2.16. The van der Waals surface area contributed by atoms with Crippen molar-refractivity contribution in [1.82, 2.24) is 10.6 Å². The molecule has 2 atom stereocenters. The molecule has 3 aromatic rings. The lowest BCUT2D eigenvalue weighted by molar-refractivity contribution is -0.121. The third-order valence-electron chi connectivity index (χ3n) is 4.58. The van der Waals surface area contributed by atoms with Gasteiger partial charge < -0.3 is 9.73 Å². The largest absolute Gasteiger partial charge is 0.465 e. The molecule has 0 aliphatic heterocycles. The van der Waals surface area contributed by atoms with Crippen molar-refractivity contribution in [1.29, 1.82) is 0 Å². The summed E-state index contributed by atoms with van der Waals surface area (Å²) < 4.78 is 5.61. The maximum absolute atomic E-state index is 12.6. The van der Waals surface area contributed by atoms with Gasteiger partial charge in [0.2, 0.25) is 5.91 Å². The zero-order valence-electron chi connectivity index (χ0n) is 15.8. The number of rotatable bonds is 8. The van der Waals surface area contributed by atoms with E-state index in [0.717, 1.165) is 23.5 Å². The van der Waals surface area contributed by atoms with Crippen LogP contribution >= 0.6 is 0 Å². The fourth-order valence-corrected chi connectivity index (χ4v) is 3.07. The van der Waals surface area contributed by atoms with Crippen LogP contribution in [0.15, 0.2) is 77.2 Å². The Morgan fingerprint density at radius 3 is 2.26 bits per heavy atom. The minimum absolute atomic E-state index is 0.0197. The monoisotopic (exact) mass is 362 g/mol. The van der Waals surface area contributed by atoms with Gasteiger partial charge in [0.1, 0.15) is 11.5 Å². The van der Waals surface area contributed by atoms with E-state index in [0.29, 0.717) is 0 Å². The number of furan rings is 1. The first kappa shape index (κ1) is 18.9. The molecule has 27 heavy (non-hydrogen) atoms. The molecule has 0 aliphatic carbocycles. The Morgan fingerprint density at radius 1 is 0.963 bits per heavy atom. The molecule has 140 valence electrons. The van der Waals surface area contributed by atoms with Gasteiger partial charge in [-0.3, -0.25) is 10.1 Å². The third-order valence-corrected chi connectivity index (χ3v) is 4.58. The van der Waals surface area contributed by atoms with Crippen molar-refractivity contribution in [3.05, 3.63) is 95.4 Å². The molecule has 2 N–H and O–H groups in total. The Labute approximate surface area is 160 Å². The lowest BCUT2D eigenvalue weighted by atomic mass is 9.99. The molecule has 2 unspecified atom stereocenters. The molecule has 1 aromatic heterocycles. The van der Waals surface area contributed by atoms with E-state index < -0.39 is 0 Å². The van der Waals surface area contributed by atoms with Crippen molar-refractivity contribution in [3.8, 4) is 0 Å². The Morgan fingerprint density at radius 2 is 1.63 bits per heavy atom. The van der Waals surface area contributed by atoms with Crippen molar-refractivity contribution >= 4 is 5.91 Å². The highest BCUT2D eigenvalue weighted by molar-refractivity contribution is 5.78. The van der Waals surface area contributed by atoms with Gasteiger partial charge in [0.15, 0.2) is 0 Å². The summed E-state index contributed by atoms with van der Waals surface area (Å²) >= 11 is 0. The van der Waals surface area contributed by atoms with E-state index in [1.165, 1.54) is 5.56 Å². The highest BCUT2D eigenvalue weighted by Crippen LogP contribution is 2.19. The van der Waals surface area contributed by atoms with Crippen LogP contribution in [0.4, 0.5) is 0 Å². The van der Waals surface area contributed by atoms with Crippen LogP contribution in [0.2, 0.25) is 0 Å². The first-order valence-electron chi connectivity index (χ1n) is 9.30. The van der Waals surface area contributed by atoms with Gasteiger partial charge in [-0.1, -0.05) is 60.7 Å². The second kappa shape index (κ2) is 9.19. The Balaban J connectivity index is 1.62. The molecule has 0 bridgehead atoms. The number of amides is 1. The van der Waals surface area contributed by atoms with Crippen molar-refractivity contribution in [3.63, 3.8) is 0 Å². The van der Waals surface area contributed by atoms with Crippen molar-refractivity contribution in [2.45, 2.75) is 32.4 Å². The number of hydrogen-bond acceptors (Lipinski definition) is 3. The van der Waals surface area contributed by atoms with E-state index in [4.69, 9.17) is 4.42 Å². The summed E-state index contributed by atoms with van der Waals surface area (Å²) in [6, 6.07) is 24.1. The SMILES string of the molecule is Cc1ccc(C(C)NCC(=O)NC(Cc2ccccc2)c2ccccc2)o1. The average molecular weight is 362 g/mol. The molecule has 0 spiro atoms. The molecule has 4 nitrogen and oxygen atoms in total. The third kappa shape index (κ3) is 5.56. The Hall–Kier alpha value is -2.85. The van der Waals surface area contributed by atoms with Crippen LogP contribution < -0.4 is 10.6 Å². The van der Waals surface area contributed by atoms with Crippen LogP contribution in [-0.4, -0.2) is 12.5 Å². The molecular formula is C23H26N2O2. The number of nitrogens with one attached hydrogen (secondary N) is 2. The summed E-state index contributed by atoms with van der Waals surface area (Å²) in [6.45, 7) is 4.14. The molecular weight excluding hydrogens is 336 g/mol. The summed E-state index contributed by atoms with van der Waals surface area (Å²) in [5.74, 6) is 1.68. The van der Waals surface area contributed by atoms with Crippen molar-refractivity contribution in [2.24, 2.45) is 0 Å². The van der Waals surface area contributed by atoms with E-state index >= 15 is 0 Å². The lowest BCUT2D eigenvalue weighted by Crippen LogP contribution is -2.37. The number of hydrogen-bond donors (Lipinski definition) is 2. The van der Waals surface area contributed by atoms with Gasteiger partial charge in [0, 0.05) is 0 Å². The van der Waals surface area contributed by atoms with Crippen LogP contribution in [0.3, 0.4) is 0 Å². The number of benzene rings is 2. The number of carbonyl (C=O) groups is 1. The average Bonchev–Trinajstić information content (AvgIpc) is 3.13. The molecule has 0 saturated heterocycles. The van der Waals surface area contributed by atoms with E-state index in [-0.39, 0.29) is 24.5 Å². The van der Waals surface area contributed by atoms with Crippen molar-refractivity contribution in [2.75, 3.05) is 6.54 Å². The molecule has 4 heteroatoms.